The van der Waals surface area contributed by atoms with Crippen molar-refractivity contribution in [3.63, 3.8) is 0 Å². The number of piperidine rings is 4. The number of likely N-dealkylation sites (N-methyl/N-ethyl adjacent to an activating group) is 1. The summed E-state index contributed by atoms with van der Waals surface area (Å²) in [5.41, 5.74) is 8.53. The fraction of sp³-hybridized carbons (Fsp3) is 0.383. The van der Waals surface area contributed by atoms with E-state index in [4.69, 9.17) is 0 Å². The number of nitrogens with zero attached hydrogens (tertiary/aromatic N) is 17. The standard InChI is InChI=1S/C21H25FN6O.2C20H23FN6O2.C20H23FN6O/c1-5-13(2)28-8-6-7-15(12-28)27(4)20-18(22)16-10-23-21(29)17(16)19(25-20)14-9-24-26(3)11-14;2*1-4-15(28)27-7-5-6-14(11(27)2)24-19-17(21)13-9-22-20(29)16(13)18(25-19)12-8-23-26(3)10-12;1-4-12(2)27-7-5-6-14(11-27)24-19-17(21)15-9-22-20(28)16(15)18(25-19)13-8-23-26(3)10-13/h5,9,11,15H,1-2,6-8,10,12H2,3-4H3,(H,23,29);2*4,8,10-11,14H,1,5-7,9H2,2-3H3,(H,22,29)(H,24,25);4,8,10,14H,1-2,5-7,9,11H2,3H3,(H,22,28)(H,24,25)/t15-;2*11-,14-;14-/m0101/s1. The smallest absolute Gasteiger partial charge is 0.254 e. The Hall–Kier alpha value is -12.8. The molecule has 0 saturated carbocycles. The number of amides is 6. The maximum atomic E-state index is 15.4. The number of pyridine rings is 4. The van der Waals surface area contributed by atoms with Crippen molar-refractivity contribution in [2.24, 2.45) is 28.2 Å². The van der Waals surface area contributed by atoms with Gasteiger partial charge in [-0.25, -0.2) is 37.5 Å². The first kappa shape index (κ1) is 80.3. The highest BCUT2D eigenvalue weighted by Gasteiger charge is 2.40. The molecule has 7 N–H and O–H groups in total. The Balaban J connectivity index is 0.000000134. The van der Waals surface area contributed by atoms with Crippen LogP contribution in [0.3, 0.4) is 0 Å². The Bertz CT molecular complexity index is 5070. The number of nitrogens with one attached hydrogen (secondary N) is 7. The lowest BCUT2D eigenvalue weighted by Crippen LogP contribution is -2.51. The monoisotopic (exact) mass is 1570 g/mol. The zero-order chi connectivity index (χ0) is 82.0. The minimum Gasteiger partial charge on any atom is -0.370 e. The summed E-state index contributed by atoms with van der Waals surface area (Å²) in [5, 5.41) is 37.0. The summed E-state index contributed by atoms with van der Waals surface area (Å²) < 4.78 is 67.5. The van der Waals surface area contributed by atoms with E-state index >= 15 is 17.6 Å². The third kappa shape index (κ3) is 16.3. The van der Waals surface area contributed by atoms with Crippen LogP contribution in [0.25, 0.3) is 45.0 Å². The average Bonchev–Trinajstić information content (AvgIpc) is 1.67. The van der Waals surface area contributed by atoms with Gasteiger partial charge in [-0.2, -0.15) is 20.4 Å². The Morgan fingerprint density at radius 2 is 0.791 bits per heavy atom. The first-order valence-corrected chi connectivity index (χ1v) is 38.2. The average molecular weight is 1580 g/mol. The molecular weight excluding hydrogens is 1480 g/mol. The van der Waals surface area contributed by atoms with Crippen molar-refractivity contribution in [2.75, 3.05) is 67.2 Å². The molecule has 8 aliphatic heterocycles. The lowest BCUT2D eigenvalue weighted by Gasteiger charge is -2.39. The molecule has 0 aromatic carbocycles. The fourth-order valence-electron chi connectivity index (χ4n) is 16.0. The zero-order valence-corrected chi connectivity index (χ0v) is 65.4. The highest BCUT2D eigenvalue weighted by atomic mass is 19.1. The van der Waals surface area contributed by atoms with E-state index in [9.17, 15) is 28.8 Å². The van der Waals surface area contributed by atoms with Gasteiger partial charge in [0.05, 0.1) is 69.8 Å². The molecule has 6 atom stereocenters. The minimum atomic E-state index is -0.537. The van der Waals surface area contributed by atoms with E-state index in [0.29, 0.717) is 98.0 Å². The molecule has 4 saturated heterocycles. The summed E-state index contributed by atoms with van der Waals surface area (Å²) in [4.78, 5) is 101. The topological polar surface area (TPSA) is 326 Å². The number of hydrogen-bond acceptors (Lipinski definition) is 20. The Morgan fingerprint density at radius 3 is 1.14 bits per heavy atom. The molecule has 34 heteroatoms. The van der Waals surface area contributed by atoms with Crippen LogP contribution < -0.4 is 42.1 Å². The van der Waals surface area contributed by atoms with Gasteiger partial charge < -0.3 is 61.7 Å². The number of likely N-dealkylation sites (tertiary alicyclic amines) is 4. The van der Waals surface area contributed by atoms with Gasteiger partial charge in [0.15, 0.2) is 46.5 Å². The first-order chi connectivity index (χ1) is 55.2. The SMILES string of the molecule is C=CC(=C)N1CCC[C@@H](Nc2nc(-c3cnn(C)c3)c3c(c2F)CNC3=O)C1.C=CC(=C)N1CCC[C@H](N(C)c2nc(-c3cnn(C)c3)c3c(c2F)CNC3=O)C1.C=CC(=O)N1CCC[C@@H](Nc2nc(-c3cnn(C)c3)c3c(c2F)CNC3=O)[C@H]1C.C=CC(=O)N1CCC[C@H](Nc2nc(-c3cnn(C)c3)c3c(c2F)CNC3=O)[C@@H]1C. The molecule has 0 bridgehead atoms. The maximum absolute atomic E-state index is 15.4. The number of anilines is 4. The number of rotatable bonds is 18. The van der Waals surface area contributed by atoms with Gasteiger partial charge in [0, 0.05) is 218 Å². The molecule has 8 aliphatic rings. The quantitative estimate of drug-likeness (QED) is 0.0240. The normalized spacial score (nSPS) is 19.7. The number of fused-ring (bicyclic) bond motifs is 4. The van der Waals surface area contributed by atoms with E-state index in [-0.39, 0.29) is 132 Å². The van der Waals surface area contributed by atoms with E-state index in [2.05, 4.69) is 127 Å². The second-order valence-electron chi connectivity index (χ2n) is 29.6. The van der Waals surface area contributed by atoms with Crippen LogP contribution >= 0.6 is 0 Å². The highest BCUT2D eigenvalue weighted by Crippen LogP contribution is 2.40. The van der Waals surface area contributed by atoms with Crippen molar-refractivity contribution < 1.29 is 46.3 Å². The number of carbonyl (C=O) groups is 6. The zero-order valence-electron chi connectivity index (χ0n) is 65.4. The van der Waals surface area contributed by atoms with Crippen LogP contribution in [0.2, 0.25) is 0 Å². The third-order valence-corrected chi connectivity index (χ3v) is 22.3. The van der Waals surface area contributed by atoms with Crippen LogP contribution in [-0.2, 0) is 64.0 Å². The van der Waals surface area contributed by atoms with Crippen molar-refractivity contribution in [1.82, 2.24) is 99.9 Å². The van der Waals surface area contributed by atoms with Gasteiger partial charge in [-0.1, -0.05) is 39.5 Å². The van der Waals surface area contributed by atoms with E-state index in [1.54, 1.807) is 118 Å². The van der Waals surface area contributed by atoms with Gasteiger partial charge in [0.25, 0.3) is 23.6 Å². The number of halogens is 4. The summed E-state index contributed by atoms with van der Waals surface area (Å²) in [6.45, 7) is 31.7. The third-order valence-electron chi connectivity index (χ3n) is 22.3. The Kier molecular flexibility index (Phi) is 23.7. The van der Waals surface area contributed by atoms with Gasteiger partial charge in [-0.15, -0.1) is 0 Å². The van der Waals surface area contributed by atoms with Gasteiger partial charge in [0.2, 0.25) is 11.8 Å². The molecule has 8 aromatic rings. The second kappa shape index (κ2) is 33.9. The highest BCUT2D eigenvalue weighted by molar-refractivity contribution is 6.06. The first-order valence-electron chi connectivity index (χ1n) is 38.2. The van der Waals surface area contributed by atoms with Crippen molar-refractivity contribution in [3.8, 4) is 45.0 Å². The molecule has 115 heavy (non-hydrogen) atoms. The molecule has 0 spiro atoms. The molecule has 16 heterocycles. The lowest BCUT2D eigenvalue weighted by atomic mass is 9.96. The summed E-state index contributed by atoms with van der Waals surface area (Å²) in [6.07, 6.45) is 26.5. The van der Waals surface area contributed by atoms with Crippen LogP contribution in [0.1, 0.15) is 129 Å². The molecule has 0 unspecified atom stereocenters. The summed E-state index contributed by atoms with van der Waals surface area (Å²) in [7, 11) is 8.97. The predicted octanol–water partition coefficient (Wildman–Crippen LogP) is 8.59. The van der Waals surface area contributed by atoms with Crippen molar-refractivity contribution in [2.45, 2.75) is 128 Å². The molecule has 30 nitrogen and oxygen atoms in total. The molecule has 6 amide bonds. The van der Waals surface area contributed by atoms with Gasteiger partial charge >= 0.3 is 0 Å². The summed E-state index contributed by atoms with van der Waals surface area (Å²) in [6, 6.07) is -0.528. The molecule has 602 valence electrons. The molecule has 4 fully saturated rings. The van der Waals surface area contributed by atoms with Crippen LogP contribution in [0.4, 0.5) is 40.8 Å². The second-order valence-corrected chi connectivity index (χ2v) is 29.6. The molecule has 0 aliphatic carbocycles. The number of carbonyl (C=O) groups excluding carboxylic acids is 6. The largest absolute Gasteiger partial charge is 0.370 e. The predicted molar refractivity (Wildman–Crippen MR) is 426 cm³/mol. The van der Waals surface area contributed by atoms with Crippen LogP contribution in [0.5, 0.6) is 0 Å². The van der Waals surface area contributed by atoms with Crippen LogP contribution in [0.15, 0.2) is 125 Å². The summed E-state index contributed by atoms with van der Waals surface area (Å²) in [5.74, 6) is -2.95. The van der Waals surface area contributed by atoms with Gasteiger partial charge in [0.1, 0.15) is 0 Å². The number of hydrogen-bond donors (Lipinski definition) is 7. The minimum absolute atomic E-state index is 0.0253. The molecule has 0 radical (unpaired) electrons. The van der Waals surface area contributed by atoms with E-state index in [1.165, 1.54) is 12.2 Å². The molecule has 8 aromatic heterocycles. The van der Waals surface area contributed by atoms with Crippen molar-refractivity contribution in [1.29, 1.82) is 0 Å². The van der Waals surface area contributed by atoms with E-state index < -0.39 is 23.3 Å². The molecule has 16 rings (SSSR count). The van der Waals surface area contributed by atoms with E-state index in [0.717, 1.165) is 82.4 Å². The van der Waals surface area contributed by atoms with Gasteiger partial charge in [-0.05, 0) is 89.5 Å². The van der Waals surface area contributed by atoms with Crippen LogP contribution in [-0.4, -0.2) is 197 Å². The lowest BCUT2D eigenvalue weighted by molar-refractivity contribution is -0.130. The molecular formula is C81H94F4N24O6. The number of allylic oxidation sites excluding steroid dienone is 2. The summed E-state index contributed by atoms with van der Waals surface area (Å²) >= 11 is 0. The number of aromatic nitrogens is 12. The van der Waals surface area contributed by atoms with Crippen molar-refractivity contribution >= 4 is 58.7 Å². The number of aryl methyl sites for hydroxylation is 4. The maximum Gasteiger partial charge on any atom is 0.254 e. The Labute approximate surface area is 662 Å². The van der Waals surface area contributed by atoms with Crippen molar-refractivity contribution in [3.05, 3.63) is 193 Å². The Morgan fingerprint density at radius 1 is 0.461 bits per heavy atom. The van der Waals surface area contributed by atoms with E-state index in [1.807, 2.05) is 25.8 Å². The fourth-order valence-corrected chi connectivity index (χ4v) is 16.0. The van der Waals surface area contributed by atoms with Gasteiger partial charge in [-0.3, -0.25) is 47.5 Å². The van der Waals surface area contributed by atoms with Crippen LogP contribution in [0, 0.1) is 23.3 Å².